The van der Waals surface area contributed by atoms with Crippen molar-refractivity contribution < 1.29 is 14.3 Å². The second kappa shape index (κ2) is 5.83. The van der Waals surface area contributed by atoms with Gasteiger partial charge in [-0.2, -0.15) is 0 Å². The van der Waals surface area contributed by atoms with Gasteiger partial charge < -0.3 is 19.7 Å². The quantitative estimate of drug-likeness (QED) is 0.825. The Kier molecular flexibility index (Phi) is 4.16. The molecule has 7 nitrogen and oxygen atoms in total. The fourth-order valence-electron chi connectivity index (χ4n) is 2.12. The second-order valence-corrected chi connectivity index (χ2v) is 4.37. The van der Waals surface area contributed by atoms with Gasteiger partial charge in [0.15, 0.2) is 5.56 Å². The van der Waals surface area contributed by atoms with Crippen molar-refractivity contribution in [3.63, 3.8) is 0 Å². The zero-order valence-corrected chi connectivity index (χ0v) is 11.3. The van der Waals surface area contributed by atoms with Gasteiger partial charge in [0.2, 0.25) is 11.8 Å². The van der Waals surface area contributed by atoms with Gasteiger partial charge in [-0.25, -0.2) is 9.97 Å². The summed E-state index contributed by atoms with van der Waals surface area (Å²) in [6.45, 7) is 4.09. The molecule has 1 aliphatic rings. The molecule has 1 aromatic rings. The molecule has 1 unspecified atom stereocenters. The summed E-state index contributed by atoms with van der Waals surface area (Å²) in [6.07, 6.45) is 1.31. The Balaban J connectivity index is 2.31. The van der Waals surface area contributed by atoms with Gasteiger partial charge >= 0.3 is 0 Å². The van der Waals surface area contributed by atoms with Crippen molar-refractivity contribution in [2.75, 3.05) is 33.9 Å². The zero-order valence-electron chi connectivity index (χ0n) is 11.3. The molecule has 2 rings (SSSR count). The van der Waals surface area contributed by atoms with E-state index in [1.54, 1.807) is 4.90 Å². The molecule has 0 radical (unpaired) electrons. The number of nitrogens with zero attached hydrogens (tertiary/aromatic N) is 3. The minimum Gasteiger partial charge on any atom is -0.480 e. The van der Waals surface area contributed by atoms with Gasteiger partial charge in [0.1, 0.15) is 6.33 Å². The molecule has 1 saturated heterocycles. The van der Waals surface area contributed by atoms with E-state index in [1.165, 1.54) is 20.5 Å². The van der Waals surface area contributed by atoms with E-state index in [4.69, 9.17) is 9.47 Å². The number of methoxy groups -OCH3 is 2. The maximum atomic E-state index is 12.6. The van der Waals surface area contributed by atoms with E-state index in [9.17, 15) is 4.79 Å². The molecule has 1 atom stereocenters. The Morgan fingerprint density at radius 2 is 2.00 bits per heavy atom. The van der Waals surface area contributed by atoms with E-state index in [0.717, 1.165) is 6.54 Å². The molecule has 1 N–H and O–H groups in total. The van der Waals surface area contributed by atoms with Crippen LogP contribution in [0.4, 0.5) is 0 Å². The lowest BCUT2D eigenvalue weighted by atomic mass is 10.2. The first kappa shape index (κ1) is 13.5. The number of amides is 1. The zero-order chi connectivity index (χ0) is 13.8. The summed E-state index contributed by atoms with van der Waals surface area (Å²) in [7, 11) is 2.94. The third-order valence-electron chi connectivity index (χ3n) is 3.03. The van der Waals surface area contributed by atoms with Crippen molar-refractivity contribution in [3.05, 3.63) is 11.9 Å². The summed E-state index contributed by atoms with van der Waals surface area (Å²) < 4.78 is 10.3. The number of hydrogen-bond acceptors (Lipinski definition) is 6. The average Bonchev–Trinajstić information content (AvgIpc) is 2.45. The number of carbonyl (C=O) groups excluding carboxylic acids is 1. The molecule has 2 heterocycles. The fraction of sp³-hybridized carbons (Fsp3) is 0.583. The summed E-state index contributed by atoms with van der Waals surface area (Å²) >= 11 is 0. The van der Waals surface area contributed by atoms with Crippen LogP contribution >= 0.6 is 0 Å². The number of rotatable bonds is 3. The number of aromatic nitrogens is 2. The Morgan fingerprint density at radius 1 is 1.37 bits per heavy atom. The third-order valence-corrected chi connectivity index (χ3v) is 3.03. The van der Waals surface area contributed by atoms with Crippen LogP contribution in [0.2, 0.25) is 0 Å². The topological polar surface area (TPSA) is 76.6 Å². The van der Waals surface area contributed by atoms with Gasteiger partial charge in [-0.1, -0.05) is 0 Å². The summed E-state index contributed by atoms with van der Waals surface area (Å²) in [4.78, 5) is 22.2. The molecule has 1 fully saturated rings. The van der Waals surface area contributed by atoms with Crippen molar-refractivity contribution in [2.24, 2.45) is 0 Å². The number of ether oxygens (including phenoxy) is 2. The monoisotopic (exact) mass is 266 g/mol. The van der Waals surface area contributed by atoms with Crippen LogP contribution in [0, 0.1) is 0 Å². The van der Waals surface area contributed by atoms with Crippen LogP contribution in [0.5, 0.6) is 11.8 Å². The Hall–Kier alpha value is -1.89. The Labute approximate surface area is 111 Å². The lowest BCUT2D eigenvalue weighted by molar-refractivity contribution is 0.0700. The molecule has 7 heteroatoms. The normalized spacial score (nSPS) is 19.1. The van der Waals surface area contributed by atoms with E-state index in [-0.39, 0.29) is 29.3 Å². The predicted molar refractivity (Wildman–Crippen MR) is 68.5 cm³/mol. The van der Waals surface area contributed by atoms with Gasteiger partial charge in [-0.15, -0.1) is 0 Å². The highest BCUT2D eigenvalue weighted by Gasteiger charge is 2.28. The van der Waals surface area contributed by atoms with Crippen LogP contribution < -0.4 is 14.8 Å². The van der Waals surface area contributed by atoms with Gasteiger partial charge in [-0.05, 0) is 6.92 Å². The highest BCUT2D eigenvalue weighted by Crippen LogP contribution is 2.25. The van der Waals surface area contributed by atoms with Crippen molar-refractivity contribution in [3.8, 4) is 11.8 Å². The first-order chi connectivity index (χ1) is 9.17. The van der Waals surface area contributed by atoms with Crippen LogP contribution in [-0.2, 0) is 0 Å². The minimum atomic E-state index is -0.164. The number of carbonyl (C=O) groups is 1. The Bertz CT molecular complexity index is 444. The summed E-state index contributed by atoms with van der Waals surface area (Å²) in [6, 6.07) is 0.263. The predicted octanol–water partition coefficient (Wildman–Crippen LogP) is -0.0723. The molecule has 0 saturated carbocycles. The van der Waals surface area contributed by atoms with Crippen molar-refractivity contribution in [2.45, 2.75) is 13.0 Å². The van der Waals surface area contributed by atoms with Crippen LogP contribution in [0.25, 0.3) is 0 Å². The SMILES string of the molecule is COc1ncnc(OC)c1C(=O)N1CCNC(C)C1. The van der Waals surface area contributed by atoms with Crippen molar-refractivity contribution in [1.29, 1.82) is 0 Å². The van der Waals surface area contributed by atoms with Crippen LogP contribution in [0.1, 0.15) is 17.3 Å². The molecule has 1 amide bonds. The first-order valence-electron chi connectivity index (χ1n) is 6.13. The molecule has 0 spiro atoms. The van der Waals surface area contributed by atoms with Gasteiger partial charge in [0.05, 0.1) is 14.2 Å². The minimum absolute atomic E-state index is 0.164. The van der Waals surface area contributed by atoms with E-state index in [2.05, 4.69) is 15.3 Å². The molecule has 19 heavy (non-hydrogen) atoms. The molecule has 0 aromatic carbocycles. The van der Waals surface area contributed by atoms with E-state index < -0.39 is 0 Å². The maximum Gasteiger partial charge on any atom is 0.265 e. The van der Waals surface area contributed by atoms with Crippen molar-refractivity contribution >= 4 is 5.91 Å². The highest BCUT2D eigenvalue weighted by atomic mass is 16.5. The summed E-state index contributed by atoms with van der Waals surface area (Å²) in [5, 5.41) is 3.29. The van der Waals surface area contributed by atoms with E-state index in [1.807, 2.05) is 6.92 Å². The fourth-order valence-corrected chi connectivity index (χ4v) is 2.12. The molecule has 1 aromatic heterocycles. The average molecular weight is 266 g/mol. The molecule has 104 valence electrons. The highest BCUT2D eigenvalue weighted by molar-refractivity contribution is 5.98. The van der Waals surface area contributed by atoms with Crippen molar-refractivity contribution in [1.82, 2.24) is 20.2 Å². The van der Waals surface area contributed by atoms with Crippen LogP contribution in [0.3, 0.4) is 0 Å². The van der Waals surface area contributed by atoms with E-state index >= 15 is 0 Å². The molecule has 1 aliphatic heterocycles. The van der Waals surface area contributed by atoms with Gasteiger partial charge in [0.25, 0.3) is 5.91 Å². The molecular formula is C12H18N4O3. The number of piperazine rings is 1. The van der Waals surface area contributed by atoms with Crippen LogP contribution in [0.15, 0.2) is 6.33 Å². The molecule has 0 aliphatic carbocycles. The maximum absolute atomic E-state index is 12.6. The Morgan fingerprint density at radius 3 is 2.53 bits per heavy atom. The third kappa shape index (κ3) is 2.76. The lowest BCUT2D eigenvalue weighted by Gasteiger charge is -2.32. The number of nitrogens with one attached hydrogen (secondary N) is 1. The lowest BCUT2D eigenvalue weighted by Crippen LogP contribution is -2.51. The standard InChI is InChI=1S/C12H18N4O3/c1-8-6-16(5-4-13-8)12(17)9-10(18-2)14-7-15-11(9)19-3/h7-8,13H,4-6H2,1-3H3. The molecule has 0 bridgehead atoms. The smallest absolute Gasteiger partial charge is 0.265 e. The van der Waals surface area contributed by atoms with Crippen LogP contribution in [-0.4, -0.2) is 60.7 Å². The van der Waals surface area contributed by atoms with Gasteiger partial charge in [-0.3, -0.25) is 4.79 Å². The second-order valence-electron chi connectivity index (χ2n) is 4.37. The molecular weight excluding hydrogens is 248 g/mol. The summed E-state index contributed by atoms with van der Waals surface area (Å²) in [5.74, 6) is 0.314. The number of hydrogen-bond donors (Lipinski definition) is 1. The first-order valence-corrected chi connectivity index (χ1v) is 6.13. The largest absolute Gasteiger partial charge is 0.480 e. The van der Waals surface area contributed by atoms with E-state index in [0.29, 0.717) is 13.1 Å². The summed E-state index contributed by atoms with van der Waals surface area (Å²) in [5.41, 5.74) is 0.279. The van der Waals surface area contributed by atoms with Gasteiger partial charge in [0, 0.05) is 25.7 Å².